The fourth-order valence-electron chi connectivity index (χ4n) is 2.55. The van der Waals surface area contributed by atoms with Crippen molar-refractivity contribution in [1.29, 1.82) is 0 Å². The average Bonchev–Trinajstić information content (AvgIpc) is 3.36. The van der Waals surface area contributed by atoms with Crippen LogP contribution in [0.15, 0.2) is 52.2 Å². The number of thioether (sulfide) groups is 1. The molecule has 0 saturated carbocycles. The summed E-state index contributed by atoms with van der Waals surface area (Å²) in [5.41, 5.74) is 0.783. The van der Waals surface area contributed by atoms with Gasteiger partial charge in [0.1, 0.15) is 5.75 Å². The molecule has 0 fully saturated rings. The van der Waals surface area contributed by atoms with Gasteiger partial charge < -0.3 is 14.5 Å². The molecule has 2 aromatic heterocycles. The van der Waals surface area contributed by atoms with Crippen molar-refractivity contribution in [2.45, 2.75) is 24.9 Å². The van der Waals surface area contributed by atoms with Crippen molar-refractivity contribution in [2.75, 3.05) is 19.4 Å². The number of carbonyl (C=O) groups excluding carboxylic acids is 1. The Morgan fingerprint density at radius 3 is 2.85 bits per heavy atom. The molecule has 0 radical (unpaired) electrons. The van der Waals surface area contributed by atoms with E-state index in [9.17, 15) is 4.79 Å². The van der Waals surface area contributed by atoms with Gasteiger partial charge in [-0.25, -0.2) is 0 Å². The first-order valence-corrected chi connectivity index (χ1v) is 9.75. The van der Waals surface area contributed by atoms with E-state index in [-0.39, 0.29) is 11.7 Å². The van der Waals surface area contributed by atoms with E-state index < -0.39 is 0 Å². The highest BCUT2D eigenvalue weighted by Crippen LogP contribution is 2.32. The van der Waals surface area contributed by atoms with Gasteiger partial charge in [-0.3, -0.25) is 9.36 Å². The maximum Gasteiger partial charge on any atom is 0.230 e. The van der Waals surface area contributed by atoms with E-state index in [0.717, 1.165) is 18.5 Å². The smallest absolute Gasteiger partial charge is 0.230 e. The lowest BCUT2D eigenvalue weighted by Crippen LogP contribution is -2.26. The maximum absolute atomic E-state index is 12.1. The molecule has 0 atom stereocenters. The number of unbranched alkanes of at least 4 members (excludes halogenated alkanes) is 1. The summed E-state index contributed by atoms with van der Waals surface area (Å²) in [6, 6.07) is 11.2. The van der Waals surface area contributed by atoms with Gasteiger partial charge in [-0.05, 0) is 30.7 Å². The Morgan fingerprint density at radius 2 is 2.11 bits per heavy atom. The molecule has 8 heteroatoms. The van der Waals surface area contributed by atoms with Gasteiger partial charge in [-0.1, -0.05) is 37.2 Å². The summed E-state index contributed by atoms with van der Waals surface area (Å²) in [7, 11) is 1.61. The molecule has 3 rings (SSSR count). The monoisotopic (exact) mass is 386 g/mol. The molecule has 0 aliphatic heterocycles. The van der Waals surface area contributed by atoms with Crippen molar-refractivity contribution in [3.05, 3.63) is 42.7 Å². The number of furan rings is 1. The first-order valence-electron chi connectivity index (χ1n) is 8.76. The Hall–Kier alpha value is -2.74. The second-order valence-corrected chi connectivity index (χ2v) is 6.73. The lowest BCUT2D eigenvalue weighted by Gasteiger charge is -2.13. The van der Waals surface area contributed by atoms with Crippen LogP contribution in [0.3, 0.4) is 0 Å². The zero-order chi connectivity index (χ0) is 19.1. The first kappa shape index (κ1) is 19.0. The molecule has 2 heterocycles. The molecule has 0 aliphatic carbocycles. The molecule has 1 amide bonds. The van der Waals surface area contributed by atoms with Gasteiger partial charge in [0, 0.05) is 6.54 Å². The van der Waals surface area contributed by atoms with Crippen LogP contribution < -0.4 is 10.1 Å². The molecular weight excluding hydrogens is 364 g/mol. The number of nitrogens with one attached hydrogen (secondary N) is 1. The number of rotatable bonds is 9. The predicted molar refractivity (Wildman–Crippen MR) is 104 cm³/mol. The fraction of sp³-hybridized carbons (Fsp3) is 0.316. The van der Waals surface area contributed by atoms with E-state index >= 15 is 0 Å². The second-order valence-electron chi connectivity index (χ2n) is 5.78. The zero-order valence-electron chi connectivity index (χ0n) is 15.3. The molecule has 0 unspecified atom stereocenters. The Morgan fingerprint density at radius 1 is 1.26 bits per heavy atom. The summed E-state index contributed by atoms with van der Waals surface area (Å²) in [5.74, 6) is 2.06. The van der Waals surface area contributed by atoms with Gasteiger partial charge in [-0.15, -0.1) is 10.2 Å². The number of hydrogen-bond acceptors (Lipinski definition) is 6. The van der Waals surface area contributed by atoms with Crippen LogP contribution in [-0.2, 0) is 4.79 Å². The van der Waals surface area contributed by atoms with Gasteiger partial charge in [0.05, 0.1) is 24.8 Å². The van der Waals surface area contributed by atoms with Gasteiger partial charge >= 0.3 is 0 Å². The van der Waals surface area contributed by atoms with Gasteiger partial charge in [0.15, 0.2) is 10.9 Å². The number of aromatic nitrogens is 3. The zero-order valence-corrected chi connectivity index (χ0v) is 16.2. The van der Waals surface area contributed by atoms with Crippen molar-refractivity contribution in [2.24, 2.45) is 0 Å². The van der Waals surface area contributed by atoms with Crippen molar-refractivity contribution in [3.8, 4) is 23.0 Å². The minimum Gasteiger partial charge on any atom is -0.495 e. The lowest BCUT2D eigenvalue weighted by atomic mass is 10.3. The largest absolute Gasteiger partial charge is 0.495 e. The third kappa shape index (κ3) is 4.51. The fourth-order valence-corrected chi connectivity index (χ4v) is 3.32. The number of ether oxygens (including phenoxy) is 1. The first-order chi connectivity index (χ1) is 13.2. The van der Waals surface area contributed by atoms with E-state index in [1.165, 1.54) is 11.8 Å². The maximum atomic E-state index is 12.1. The molecule has 1 aromatic carbocycles. The minimum absolute atomic E-state index is 0.0254. The van der Waals surface area contributed by atoms with E-state index in [4.69, 9.17) is 9.15 Å². The molecule has 0 spiro atoms. The number of methoxy groups -OCH3 is 1. The summed E-state index contributed by atoms with van der Waals surface area (Å²) >= 11 is 1.33. The van der Waals surface area contributed by atoms with Crippen LogP contribution in [0, 0.1) is 0 Å². The van der Waals surface area contributed by atoms with E-state index in [0.29, 0.717) is 29.0 Å². The minimum atomic E-state index is -0.0254. The molecule has 0 aliphatic rings. The Bertz CT molecular complexity index is 877. The van der Waals surface area contributed by atoms with Crippen LogP contribution in [0.1, 0.15) is 19.8 Å². The van der Waals surface area contributed by atoms with Crippen molar-refractivity contribution >= 4 is 17.7 Å². The van der Waals surface area contributed by atoms with E-state index in [1.54, 1.807) is 19.4 Å². The third-order valence-electron chi connectivity index (χ3n) is 3.89. The summed E-state index contributed by atoms with van der Waals surface area (Å²) in [4.78, 5) is 12.1. The van der Waals surface area contributed by atoms with Crippen molar-refractivity contribution in [3.63, 3.8) is 0 Å². The van der Waals surface area contributed by atoms with Gasteiger partial charge in [-0.2, -0.15) is 0 Å². The number of nitrogens with zero attached hydrogens (tertiary/aromatic N) is 3. The van der Waals surface area contributed by atoms with Crippen molar-refractivity contribution in [1.82, 2.24) is 20.1 Å². The van der Waals surface area contributed by atoms with Gasteiger partial charge in [0.2, 0.25) is 11.7 Å². The quantitative estimate of drug-likeness (QED) is 0.447. The van der Waals surface area contributed by atoms with Gasteiger partial charge in [0.25, 0.3) is 0 Å². The molecular formula is C19H22N4O3S. The average molecular weight is 386 g/mol. The van der Waals surface area contributed by atoms with Crippen LogP contribution in [0.4, 0.5) is 0 Å². The van der Waals surface area contributed by atoms with Crippen LogP contribution in [0.25, 0.3) is 17.3 Å². The summed E-state index contributed by atoms with van der Waals surface area (Å²) in [6.45, 7) is 2.78. The molecule has 0 saturated heterocycles. The molecule has 0 bridgehead atoms. The molecule has 3 aromatic rings. The van der Waals surface area contributed by atoms with Crippen molar-refractivity contribution < 1.29 is 13.9 Å². The summed E-state index contributed by atoms with van der Waals surface area (Å²) < 4.78 is 12.8. The van der Waals surface area contributed by atoms with Crippen LogP contribution in [-0.4, -0.2) is 40.1 Å². The topological polar surface area (TPSA) is 82.2 Å². The predicted octanol–water partition coefficient (Wildman–Crippen LogP) is 3.54. The van der Waals surface area contributed by atoms with Crippen LogP contribution in [0.5, 0.6) is 5.75 Å². The highest BCUT2D eigenvalue weighted by Gasteiger charge is 2.21. The molecule has 142 valence electrons. The molecule has 1 N–H and O–H groups in total. The normalized spacial score (nSPS) is 10.7. The third-order valence-corrected chi connectivity index (χ3v) is 4.81. The summed E-state index contributed by atoms with van der Waals surface area (Å²) in [5, 5.41) is 12.1. The van der Waals surface area contributed by atoms with Crippen LogP contribution in [0.2, 0.25) is 0 Å². The highest BCUT2D eigenvalue weighted by atomic mass is 32.2. The molecule has 7 nitrogen and oxygen atoms in total. The van der Waals surface area contributed by atoms with Crippen LogP contribution >= 0.6 is 11.8 Å². The van der Waals surface area contributed by atoms with E-state index in [2.05, 4.69) is 22.4 Å². The number of hydrogen-bond donors (Lipinski definition) is 1. The lowest BCUT2D eigenvalue weighted by molar-refractivity contribution is -0.118. The summed E-state index contributed by atoms with van der Waals surface area (Å²) in [6.07, 6.45) is 3.60. The second kappa shape index (κ2) is 9.27. The Labute approximate surface area is 162 Å². The SMILES string of the molecule is CCCCNC(=O)CSc1nnc(-c2ccco2)n1-c1ccccc1OC. The molecule has 27 heavy (non-hydrogen) atoms. The Balaban J connectivity index is 1.89. The number of benzene rings is 1. The van der Waals surface area contributed by atoms with E-state index in [1.807, 2.05) is 34.9 Å². The number of amides is 1. The highest BCUT2D eigenvalue weighted by molar-refractivity contribution is 7.99. The number of carbonyl (C=O) groups is 1. The standard InChI is InChI=1S/C19H22N4O3S/c1-3-4-11-20-17(24)13-27-19-22-21-18(16-10-7-12-26-16)23(19)14-8-5-6-9-15(14)25-2/h5-10,12H,3-4,11,13H2,1-2H3,(H,20,24). The Kier molecular flexibility index (Phi) is 6.54. The number of para-hydroxylation sites is 2.